The zero-order valence-corrected chi connectivity index (χ0v) is 13.8. The maximum atomic E-state index is 13.0. The third-order valence-electron chi connectivity index (χ3n) is 4.06. The van der Waals surface area contributed by atoms with E-state index < -0.39 is 5.82 Å². The zero-order valence-electron chi connectivity index (χ0n) is 13.8. The van der Waals surface area contributed by atoms with E-state index in [-0.39, 0.29) is 11.6 Å². The summed E-state index contributed by atoms with van der Waals surface area (Å²) in [6, 6.07) is 12.1. The molecule has 0 saturated heterocycles. The van der Waals surface area contributed by atoms with Crippen molar-refractivity contribution in [2.24, 2.45) is 0 Å². The van der Waals surface area contributed by atoms with Gasteiger partial charge >= 0.3 is 0 Å². The van der Waals surface area contributed by atoms with Crippen LogP contribution in [0.2, 0.25) is 0 Å². The molecule has 0 aliphatic carbocycles. The van der Waals surface area contributed by atoms with Crippen LogP contribution in [0.5, 0.6) is 0 Å². The van der Waals surface area contributed by atoms with Crippen molar-refractivity contribution in [3.63, 3.8) is 0 Å². The number of amides is 1. The summed E-state index contributed by atoms with van der Waals surface area (Å²) in [5, 5.41) is 7.18. The number of nitrogens with two attached hydrogens (primary N) is 1. The highest BCUT2D eigenvalue weighted by Gasteiger charge is 2.06. The van der Waals surface area contributed by atoms with Crippen molar-refractivity contribution in [2.45, 2.75) is 12.8 Å². The minimum atomic E-state index is -0.422. The van der Waals surface area contributed by atoms with E-state index in [1.807, 2.05) is 18.3 Å². The van der Waals surface area contributed by atoms with Crippen molar-refractivity contribution in [1.29, 1.82) is 0 Å². The van der Waals surface area contributed by atoms with Gasteiger partial charge in [-0.05, 0) is 42.8 Å². The lowest BCUT2D eigenvalue weighted by Gasteiger charge is -2.08. The fraction of sp³-hybridized carbons (Fsp3) is 0.211. The first-order valence-electron chi connectivity index (χ1n) is 8.24. The summed E-state index contributed by atoms with van der Waals surface area (Å²) in [4.78, 5) is 15.2. The molecule has 3 rings (SSSR count). The van der Waals surface area contributed by atoms with E-state index in [0.717, 1.165) is 18.5 Å². The summed E-state index contributed by atoms with van der Waals surface area (Å²) in [5.74, 6) is -0.577. The van der Waals surface area contributed by atoms with Crippen LogP contribution in [0, 0.1) is 5.82 Å². The summed E-state index contributed by atoms with van der Waals surface area (Å²) in [6.07, 6.45) is 3.23. The van der Waals surface area contributed by atoms with E-state index in [4.69, 9.17) is 5.73 Å². The van der Waals surface area contributed by atoms with Crippen LogP contribution in [-0.2, 0) is 11.2 Å². The lowest BCUT2D eigenvalue weighted by Crippen LogP contribution is -2.23. The first kappa shape index (κ1) is 17.0. The van der Waals surface area contributed by atoms with Crippen molar-refractivity contribution < 1.29 is 9.18 Å². The second kappa shape index (κ2) is 7.81. The first-order valence-corrected chi connectivity index (χ1v) is 8.24. The lowest BCUT2D eigenvalue weighted by atomic mass is 10.1. The number of benzene rings is 2. The molecule has 0 spiro atoms. The maximum absolute atomic E-state index is 13.0. The van der Waals surface area contributed by atoms with Crippen LogP contribution in [-0.4, -0.2) is 24.0 Å². The van der Waals surface area contributed by atoms with Gasteiger partial charge in [-0.25, -0.2) is 4.39 Å². The molecule has 0 atom stereocenters. The Labute approximate surface area is 145 Å². The second-order valence-corrected chi connectivity index (χ2v) is 5.89. The van der Waals surface area contributed by atoms with E-state index in [0.29, 0.717) is 18.7 Å². The Kier molecular flexibility index (Phi) is 5.30. The van der Waals surface area contributed by atoms with Crippen LogP contribution in [0.3, 0.4) is 0 Å². The van der Waals surface area contributed by atoms with Crippen LogP contribution < -0.4 is 16.4 Å². The van der Waals surface area contributed by atoms with Crippen molar-refractivity contribution in [3.05, 3.63) is 60.0 Å². The molecule has 6 heteroatoms. The van der Waals surface area contributed by atoms with Gasteiger partial charge in [0.25, 0.3) is 0 Å². The molecule has 0 saturated carbocycles. The van der Waals surface area contributed by atoms with E-state index in [9.17, 15) is 9.18 Å². The Hall–Kier alpha value is -2.86. The van der Waals surface area contributed by atoms with Crippen LogP contribution >= 0.6 is 0 Å². The molecule has 0 aliphatic rings. The van der Waals surface area contributed by atoms with Crippen LogP contribution in [0.25, 0.3) is 10.9 Å². The van der Waals surface area contributed by atoms with Gasteiger partial charge in [0.2, 0.25) is 5.91 Å². The summed E-state index contributed by atoms with van der Waals surface area (Å²) >= 11 is 0. The fourth-order valence-corrected chi connectivity index (χ4v) is 2.75. The van der Waals surface area contributed by atoms with Crippen LogP contribution in [0.4, 0.5) is 15.8 Å². The van der Waals surface area contributed by atoms with Gasteiger partial charge in [0.1, 0.15) is 5.82 Å². The van der Waals surface area contributed by atoms with E-state index in [2.05, 4.69) is 27.8 Å². The van der Waals surface area contributed by atoms with Crippen molar-refractivity contribution >= 4 is 28.2 Å². The molecule has 0 bridgehead atoms. The molecule has 5 N–H and O–H groups in total. The summed E-state index contributed by atoms with van der Waals surface area (Å²) in [6.45, 7) is 1.35. The van der Waals surface area contributed by atoms with Gasteiger partial charge in [0, 0.05) is 30.1 Å². The number of hydrogen-bond donors (Lipinski definition) is 4. The third-order valence-corrected chi connectivity index (χ3v) is 4.06. The molecule has 1 aromatic heterocycles. The molecule has 1 amide bonds. The van der Waals surface area contributed by atoms with Gasteiger partial charge in [0.05, 0.1) is 11.4 Å². The number of fused-ring (bicyclic) bond motifs is 1. The molecule has 1 heterocycles. The standard InChI is InChI=1S/C19H21FN4O/c20-14-5-6-18(16(21)11-14)24-19(25)8-10-22-9-7-13-12-23-17-4-2-1-3-15(13)17/h1-6,11-12,22-23H,7-10,21H2,(H,24,25). The number of halogens is 1. The maximum Gasteiger partial charge on any atom is 0.225 e. The predicted molar refractivity (Wildman–Crippen MR) is 98.9 cm³/mol. The number of rotatable bonds is 7. The van der Waals surface area contributed by atoms with Gasteiger partial charge in [-0.1, -0.05) is 18.2 Å². The minimum absolute atomic E-state index is 0.155. The molecule has 3 aromatic rings. The number of hydrogen-bond acceptors (Lipinski definition) is 3. The fourth-order valence-electron chi connectivity index (χ4n) is 2.75. The number of aromatic amines is 1. The zero-order chi connectivity index (χ0) is 17.6. The molecule has 25 heavy (non-hydrogen) atoms. The number of carbonyl (C=O) groups is 1. The molecule has 0 radical (unpaired) electrons. The van der Waals surface area contributed by atoms with Gasteiger partial charge in [-0.15, -0.1) is 0 Å². The van der Waals surface area contributed by atoms with Crippen molar-refractivity contribution in [1.82, 2.24) is 10.3 Å². The first-order chi connectivity index (χ1) is 12.1. The number of H-pyrrole nitrogens is 1. The average Bonchev–Trinajstić information content (AvgIpc) is 3.00. The number of para-hydroxylation sites is 1. The van der Waals surface area contributed by atoms with Gasteiger partial charge in [-0.3, -0.25) is 4.79 Å². The number of carbonyl (C=O) groups excluding carboxylic acids is 1. The van der Waals surface area contributed by atoms with E-state index in [1.54, 1.807) is 0 Å². The number of nitrogen functional groups attached to an aromatic ring is 1. The highest BCUT2D eigenvalue weighted by Crippen LogP contribution is 2.19. The average molecular weight is 340 g/mol. The molecule has 130 valence electrons. The van der Waals surface area contributed by atoms with Gasteiger partial charge < -0.3 is 21.4 Å². The highest BCUT2D eigenvalue weighted by atomic mass is 19.1. The Morgan fingerprint density at radius 2 is 2.00 bits per heavy atom. The number of nitrogens with one attached hydrogen (secondary N) is 3. The molecule has 0 aliphatic heterocycles. The largest absolute Gasteiger partial charge is 0.397 e. The minimum Gasteiger partial charge on any atom is -0.397 e. The Morgan fingerprint density at radius 3 is 2.84 bits per heavy atom. The summed E-state index contributed by atoms with van der Waals surface area (Å²) in [7, 11) is 0. The van der Waals surface area contributed by atoms with Crippen LogP contribution in [0.15, 0.2) is 48.7 Å². The summed E-state index contributed by atoms with van der Waals surface area (Å²) in [5.41, 5.74) is 8.72. The smallest absolute Gasteiger partial charge is 0.225 e. The Balaban J connectivity index is 1.40. The molecular formula is C19H21FN4O. The van der Waals surface area contributed by atoms with Crippen LogP contribution in [0.1, 0.15) is 12.0 Å². The highest BCUT2D eigenvalue weighted by molar-refractivity contribution is 5.93. The lowest BCUT2D eigenvalue weighted by molar-refractivity contribution is -0.116. The molecule has 2 aromatic carbocycles. The van der Waals surface area contributed by atoms with Crippen molar-refractivity contribution in [2.75, 3.05) is 24.1 Å². The normalized spacial score (nSPS) is 10.9. The SMILES string of the molecule is Nc1cc(F)ccc1NC(=O)CCNCCc1c[nH]c2ccccc12. The second-order valence-electron chi connectivity index (χ2n) is 5.89. The molecule has 5 nitrogen and oxygen atoms in total. The molecular weight excluding hydrogens is 319 g/mol. The molecule has 0 unspecified atom stereocenters. The van der Waals surface area contributed by atoms with Gasteiger partial charge in [0.15, 0.2) is 0 Å². The molecule has 0 fully saturated rings. The quantitative estimate of drug-likeness (QED) is 0.394. The van der Waals surface area contributed by atoms with Crippen molar-refractivity contribution in [3.8, 4) is 0 Å². The van der Waals surface area contributed by atoms with E-state index >= 15 is 0 Å². The predicted octanol–water partition coefficient (Wildman–Crippen LogP) is 3.05. The Morgan fingerprint density at radius 1 is 1.16 bits per heavy atom. The third kappa shape index (κ3) is 4.36. The van der Waals surface area contributed by atoms with Gasteiger partial charge in [-0.2, -0.15) is 0 Å². The number of aromatic nitrogens is 1. The van der Waals surface area contributed by atoms with E-state index in [1.165, 1.54) is 29.1 Å². The monoisotopic (exact) mass is 340 g/mol. The topological polar surface area (TPSA) is 82.9 Å². The Bertz CT molecular complexity index is 875. The summed E-state index contributed by atoms with van der Waals surface area (Å²) < 4.78 is 13.0. The number of anilines is 2.